The lowest BCUT2D eigenvalue weighted by atomic mass is 9.96. The van der Waals surface area contributed by atoms with Gasteiger partial charge < -0.3 is 14.8 Å². The van der Waals surface area contributed by atoms with E-state index in [1.165, 1.54) is 0 Å². The van der Waals surface area contributed by atoms with Crippen LogP contribution in [0.15, 0.2) is 47.4 Å². The van der Waals surface area contributed by atoms with E-state index in [0.717, 1.165) is 22.2 Å². The fourth-order valence-electron chi connectivity index (χ4n) is 3.71. The maximum absolute atomic E-state index is 12.5. The summed E-state index contributed by atoms with van der Waals surface area (Å²) in [5, 5.41) is 20.6. The van der Waals surface area contributed by atoms with Crippen LogP contribution in [-0.2, 0) is 19.0 Å². The zero-order valence-corrected chi connectivity index (χ0v) is 20.2. The van der Waals surface area contributed by atoms with Crippen LogP contribution in [0.5, 0.6) is 0 Å². The van der Waals surface area contributed by atoms with Gasteiger partial charge in [-0.15, -0.1) is 0 Å². The first-order chi connectivity index (χ1) is 17.2. The second-order valence-corrected chi connectivity index (χ2v) is 9.38. The number of aromatic amines is 1. The van der Waals surface area contributed by atoms with E-state index in [1.54, 1.807) is 23.1 Å². The molecule has 1 amide bonds. The molecule has 5 rings (SSSR count). The van der Waals surface area contributed by atoms with E-state index < -0.39 is 5.91 Å². The number of nitrogens with zero attached hydrogens (tertiary/aromatic N) is 7. The van der Waals surface area contributed by atoms with E-state index in [4.69, 9.17) is 4.52 Å². The van der Waals surface area contributed by atoms with Crippen LogP contribution >= 0.6 is 0 Å². The summed E-state index contributed by atoms with van der Waals surface area (Å²) in [5.41, 5.74) is 4.61. The Labute approximate surface area is 206 Å². The molecule has 0 saturated heterocycles. The highest BCUT2D eigenvalue weighted by Gasteiger charge is 2.24. The minimum Gasteiger partial charge on any atom is -0.344 e. The molecule has 4 aromatic heterocycles. The molecular formula is C25H23N9O2. The number of nitriles is 1. The van der Waals surface area contributed by atoms with E-state index in [0.29, 0.717) is 28.4 Å². The third-order valence-electron chi connectivity index (χ3n) is 5.64. The van der Waals surface area contributed by atoms with Gasteiger partial charge in [0, 0.05) is 37.0 Å². The smallest absolute Gasteiger partial charge is 0.315 e. The summed E-state index contributed by atoms with van der Waals surface area (Å²) in [6.07, 6.45) is 5.28. The molecule has 0 aliphatic carbocycles. The number of hydrogen-bond acceptors (Lipinski definition) is 8. The van der Waals surface area contributed by atoms with Crippen LogP contribution in [0.2, 0.25) is 0 Å². The van der Waals surface area contributed by atoms with E-state index in [2.05, 4.69) is 41.6 Å². The van der Waals surface area contributed by atoms with Gasteiger partial charge in [-0.05, 0) is 23.3 Å². The lowest BCUT2D eigenvalue weighted by Crippen LogP contribution is -2.24. The minimum atomic E-state index is -0.498. The summed E-state index contributed by atoms with van der Waals surface area (Å²) in [6, 6.07) is 9.58. The fraction of sp³-hybridized carbons (Fsp3) is 0.240. The van der Waals surface area contributed by atoms with Gasteiger partial charge in [-0.1, -0.05) is 38.1 Å². The molecule has 0 radical (unpaired) electrons. The third kappa shape index (κ3) is 4.32. The lowest BCUT2D eigenvalue weighted by Gasteiger charge is -2.10. The summed E-state index contributed by atoms with van der Waals surface area (Å²) in [4.78, 5) is 29.0. The fourth-order valence-corrected chi connectivity index (χ4v) is 3.71. The quantitative estimate of drug-likeness (QED) is 0.387. The van der Waals surface area contributed by atoms with Crippen LogP contribution in [0.1, 0.15) is 48.4 Å². The molecule has 0 atom stereocenters. The highest BCUT2D eigenvalue weighted by Crippen LogP contribution is 2.30. The summed E-state index contributed by atoms with van der Waals surface area (Å²) >= 11 is 0. The molecule has 180 valence electrons. The zero-order chi connectivity index (χ0) is 25.4. The molecule has 5 aromatic rings. The van der Waals surface area contributed by atoms with Crippen molar-refractivity contribution in [2.75, 3.05) is 0 Å². The Morgan fingerprint density at radius 1 is 1.22 bits per heavy atom. The Bertz CT molecular complexity index is 1630. The molecule has 0 bridgehead atoms. The molecule has 1 aromatic carbocycles. The predicted molar refractivity (Wildman–Crippen MR) is 130 cm³/mol. The van der Waals surface area contributed by atoms with Gasteiger partial charge in [-0.3, -0.25) is 9.48 Å². The second kappa shape index (κ2) is 8.74. The first kappa shape index (κ1) is 22.9. The second-order valence-electron chi connectivity index (χ2n) is 9.38. The van der Waals surface area contributed by atoms with Crippen LogP contribution < -0.4 is 5.32 Å². The number of carbonyl (C=O) groups excluding carboxylic acids is 1. The maximum atomic E-state index is 12.5. The van der Waals surface area contributed by atoms with Gasteiger partial charge in [0.15, 0.2) is 11.5 Å². The molecular weight excluding hydrogens is 458 g/mol. The largest absolute Gasteiger partial charge is 0.344 e. The monoisotopic (exact) mass is 481 g/mol. The molecule has 0 unspecified atom stereocenters. The number of rotatable bonds is 5. The van der Waals surface area contributed by atoms with Gasteiger partial charge in [0.1, 0.15) is 5.82 Å². The number of aryl methyl sites for hydroxylation is 1. The topological polar surface area (TPSA) is 151 Å². The number of nitrogens with one attached hydrogen (secondary N) is 2. The molecule has 2 N–H and O–H groups in total. The molecule has 0 fully saturated rings. The standard InChI is InChI=1S/C25H23N9O2/c1-25(2,3)24-32-23(36-33-24)22(35)28-11-15-6-5-14(9-16(15)10-26)18-7-8-27-21-19(18)30-20(31-21)17-12-29-34(4)13-17/h5-9,12-13H,11H2,1-4H3,(H,28,35)(H,27,30,31). The molecule has 4 heterocycles. The van der Waals surface area contributed by atoms with E-state index in [9.17, 15) is 10.1 Å². The Morgan fingerprint density at radius 2 is 2.06 bits per heavy atom. The summed E-state index contributed by atoms with van der Waals surface area (Å²) in [5.74, 6) is 0.498. The number of carbonyl (C=O) groups is 1. The molecule has 0 saturated carbocycles. The first-order valence-electron chi connectivity index (χ1n) is 11.2. The lowest BCUT2D eigenvalue weighted by molar-refractivity contribution is 0.0907. The van der Waals surface area contributed by atoms with Crippen molar-refractivity contribution in [1.29, 1.82) is 5.26 Å². The van der Waals surface area contributed by atoms with Crippen LogP contribution in [0.4, 0.5) is 0 Å². The summed E-state index contributed by atoms with van der Waals surface area (Å²) in [7, 11) is 1.84. The number of H-pyrrole nitrogens is 1. The van der Waals surface area contributed by atoms with Crippen LogP contribution in [-0.4, -0.2) is 40.8 Å². The zero-order valence-electron chi connectivity index (χ0n) is 20.2. The van der Waals surface area contributed by atoms with Crippen LogP contribution in [0.25, 0.3) is 33.7 Å². The highest BCUT2D eigenvalue weighted by molar-refractivity contribution is 5.92. The van der Waals surface area contributed by atoms with Gasteiger partial charge in [-0.2, -0.15) is 15.3 Å². The first-order valence-corrected chi connectivity index (χ1v) is 11.2. The highest BCUT2D eigenvalue weighted by atomic mass is 16.5. The maximum Gasteiger partial charge on any atom is 0.315 e. The van der Waals surface area contributed by atoms with Crippen molar-refractivity contribution in [1.82, 2.24) is 40.2 Å². The van der Waals surface area contributed by atoms with E-state index in [-0.39, 0.29) is 17.9 Å². The molecule has 0 aliphatic heterocycles. The number of amides is 1. The Morgan fingerprint density at radius 3 is 2.75 bits per heavy atom. The third-order valence-corrected chi connectivity index (χ3v) is 5.64. The number of benzene rings is 1. The Balaban J connectivity index is 1.39. The minimum absolute atomic E-state index is 0.113. The predicted octanol–water partition coefficient (Wildman–Crippen LogP) is 3.51. The molecule has 0 aliphatic rings. The normalized spacial score (nSPS) is 11.5. The van der Waals surface area contributed by atoms with Gasteiger partial charge >= 0.3 is 11.8 Å². The van der Waals surface area contributed by atoms with E-state index >= 15 is 0 Å². The van der Waals surface area contributed by atoms with Crippen molar-refractivity contribution < 1.29 is 9.32 Å². The van der Waals surface area contributed by atoms with Crippen molar-refractivity contribution in [3.63, 3.8) is 0 Å². The average Bonchev–Trinajstić information content (AvgIpc) is 3.60. The van der Waals surface area contributed by atoms with Gasteiger partial charge in [0.25, 0.3) is 0 Å². The summed E-state index contributed by atoms with van der Waals surface area (Å²) < 4.78 is 6.80. The summed E-state index contributed by atoms with van der Waals surface area (Å²) in [6.45, 7) is 5.93. The van der Waals surface area contributed by atoms with E-state index in [1.807, 2.05) is 52.2 Å². The van der Waals surface area contributed by atoms with Crippen molar-refractivity contribution in [3.8, 4) is 28.6 Å². The molecule has 36 heavy (non-hydrogen) atoms. The number of pyridine rings is 1. The Hall–Kier alpha value is -4.85. The number of imidazole rings is 1. The molecule has 0 spiro atoms. The SMILES string of the molecule is Cn1cc(-c2nc3nccc(-c4ccc(CNC(=O)c5nc(C(C)(C)C)no5)c(C#N)c4)c3[nH]2)cn1. The Kier molecular flexibility index (Phi) is 5.56. The van der Waals surface area contributed by atoms with Crippen LogP contribution in [0.3, 0.4) is 0 Å². The van der Waals surface area contributed by atoms with Crippen LogP contribution in [0, 0.1) is 11.3 Å². The van der Waals surface area contributed by atoms with Crippen molar-refractivity contribution in [2.24, 2.45) is 7.05 Å². The molecule has 11 heteroatoms. The van der Waals surface area contributed by atoms with Gasteiger partial charge in [0.2, 0.25) is 0 Å². The van der Waals surface area contributed by atoms with Crippen molar-refractivity contribution >= 4 is 17.1 Å². The van der Waals surface area contributed by atoms with Gasteiger partial charge in [0.05, 0.1) is 28.9 Å². The average molecular weight is 482 g/mol. The number of hydrogen-bond donors (Lipinski definition) is 2. The number of aromatic nitrogens is 7. The van der Waals surface area contributed by atoms with Crippen molar-refractivity contribution in [2.45, 2.75) is 32.7 Å². The number of fused-ring (bicyclic) bond motifs is 1. The molecule has 11 nitrogen and oxygen atoms in total. The van der Waals surface area contributed by atoms with Gasteiger partial charge in [-0.25, -0.2) is 9.97 Å². The van der Waals surface area contributed by atoms with Crippen molar-refractivity contribution in [3.05, 3.63) is 65.7 Å².